The number of likely N-dealkylation sites (tertiary alicyclic amines) is 1. The third-order valence-electron chi connectivity index (χ3n) is 4.26. The molecule has 3 atom stereocenters. The summed E-state index contributed by atoms with van der Waals surface area (Å²) >= 11 is 12.3. The Kier molecular flexibility index (Phi) is 3.93. The topological polar surface area (TPSA) is 46.3 Å². The van der Waals surface area contributed by atoms with Crippen molar-refractivity contribution in [3.05, 3.63) is 33.8 Å². The van der Waals surface area contributed by atoms with Crippen molar-refractivity contribution < 1.29 is 4.79 Å². The van der Waals surface area contributed by atoms with Crippen LogP contribution in [0, 0.1) is 5.92 Å². The number of carbonyl (C=O) groups excluding carboxylic acids is 1. The first kappa shape index (κ1) is 14.2. The van der Waals surface area contributed by atoms with Crippen molar-refractivity contribution in [2.45, 2.75) is 31.2 Å². The third kappa shape index (κ3) is 2.67. The second kappa shape index (κ2) is 5.55. The van der Waals surface area contributed by atoms with Crippen molar-refractivity contribution in [3.63, 3.8) is 0 Å². The Labute approximate surface area is 129 Å². The number of halogens is 2. The molecule has 1 heterocycles. The Hall–Kier alpha value is -0.770. The molecule has 1 amide bonds. The van der Waals surface area contributed by atoms with Crippen LogP contribution in [0.2, 0.25) is 10.0 Å². The molecular weight excluding hydrogens is 295 g/mol. The second-order valence-corrected chi connectivity index (χ2v) is 6.56. The second-order valence-electron chi connectivity index (χ2n) is 5.78. The summed E-state index contributed by atoms with van der Waals surface area (Å²) in [5, 5.41) is 1.15. The molecule has 2 aliphatic rings. The molecular formula is C15H18Cl2N2O. The van der Waals surface area contributed by atoms with E-state index in [1.807, 2.05) is 17.0 Å². The number of carbonyl (C=O) groups is 1. The van der Waals surface area contributed by atoms with Crippen LogP contribution < -0.4 is 5.73 Å². The monoisotopic (exact) mass is 312 g/mol. The minimum atomic E-state index is 0.0521. The largest absolute Gasteiger partial charge is 0.341 e. The average Bonchev–Trinajstić information content (AvgIpc) is 3.21. The molecule has 0 radical (unpaired) electrons. The van der Waals surface area contributed by atoms with Gasteiger partial charge in [-0.15, -0.1) is 0 Å². The zero-order chi connectivity index (χ0) is 14.3. The van der Waals surface area contributed by atoms with Gasteiger partial charge in [-0.2, -0.15) is 0 Å². The summed E-state index contributed by atoms with van der Waals surface area (Å²) < 4.78 is 0. The highest BCUT2D eigenvalue weighted by atomic mass is 35.5. The molecule has 3 rings (SSSR count). The van der Waals surface area contributed by atoms with Crippen molar-refractivity contribution >= 4 is 29.1 Å². The normalized spacial score (nSPS) is 29.4. The van der Waals surface area contributed by atoms with Gasteiger partial charge in [-0.05, 0) is 36.8 Å². The third-order valence-corrected chi connectivity index (χ3v) is 5.09. The lowest BCUT2D eigenvalue weighted by Gasteiger charge is -2.31. The van der Waals surface area contributed by atoms with Crippen LogP contribution in [-0.4, -0.2) is 29.9 Å². The first-order valence-corrected chi connectivity index (χ1v) is 7.82. The van der Waals surface area contributed by atoms with Gasteiger partial charge in [0, 0.05) is 25.0 Å². The van der Waals surface area contributed by atoms with E-state index in [1.165, 1.54) is 0 Å². The Morgan fingerprint density at radius 3 is 2.90 bits per heavy atom. The average molecular weight is 313 g/mol. The highest BCUT2D eigenvalue weighted by molar-refractivity contribution is 6.42. The van der Waals surface area contributed by atoms with Gasteiger partial charge in [-0.1, -0.05) is 35.3 Å². The Morgan fingerprint density at radius 2 is 2.15 bits per heavy atom. The van der Waals surface area contributed by atoms with E-state index in [2.05, 4.69) is 0 Å². The van der Waals surface area contributed by atoms with E-state index >= 15 is 0 Å². The fourth-order valence-corrected chi connectivity index (χ4v) is 3.51. The van der Waals surface area contributed by atoms with E-state index in [1.54, 1.807) is 6.07 Å². The number of nitrogens with two attached hydrogens (primary N) is 1. The van der Waals surface area contributed by atoms with Crippen LogP contribution >= 0.6 is 23.2 Å². The van der Waals surface area contributed by atoms with Crippen molar-refractivity contribution in [1.82, 2.24) is 4.90 Å². The van der Waals surface area contributed by atoms with Crippen LogP contribution in [0.1, 0.15) is 30.7 Å². The van der Waals surface area contributed by atoms with Gasteiger partial charge in [0.05, 0.1) is 10.0 Å². The van der Waals surface area contributed by atoms with Crippen LogP contribution in [0.3, 0.4) is 0 Å². The summed E-state index contributed by atoms with van der Waals surface area (Å²) in [5.41, 5.74) is 6.94. The number of hydrogen-bond acceptors (Lipinski definition) is 2. The van der Waals surface area contributed by atoms with Gasteiger partial charge in [-0.3, -0.25) is 4.79 Å². The summed E-state index contributed by atoms with van der Waals surface area (Å²) in [5.74, 6) is 0.490. The summed E-state index contributed by atoms with van der Waals surface area (Å²) in [7, 11) is 0. The van der Waals surface area contributed by atoms with Crippen LogP contribution in [0.4, 0.5) is 0 Å². The molecule has 1 aromatic carbocycles. The fourth-order valence-electron chi connectivity index (χ4n) is 3.06. The highest BCUT2D eigenvalue weighted by Gasteiger charge is 2.47. The lowest BCUT2D eigenvalue weighted by atomic mass is 10.0. The smallest absolute Gasteiger partial charge is 0.226 e. The molecule has 2 fully saturated rings. The molecule has 1 aromatic rings. The summed E-state index contributed by atoms with van der Waals surface area (Å²) in [6.45, 7) is 1.52. The number of nitrogens with zero attached hydrogens (tertiary/aromatic N) is 1. The molecule has 2 N–H and O–H groups in total. The number of rotatable bonds is 2. The maximum atomic E-state index is 12.5. The summed E-state index contributed by atoms with van der Waals surface area (Å²) in [4.78, 5) is 14.4. The highest BCUT2D eigenvalue weighted by Crippen LogP contribution is 2.51. The first-order valence-electron chi connectivity index (χ1n) is 7.06. The molecule has 1 saturated carbocycles. The van der Waals surface area contributed by atoms with Crippen LogP contribution in [0.25, 0.3) is 0 Å². The molecule has 5 heteroatoms. The molecule has 0 bridgehead atoms. The maximum absolute atomic E-state index is 12.5. The van der Waals surface area contributed by atoms with E-state index in [9.17, 15) is 4.79 Å². The zero-order valence-electron chi connectivity index (χ0n) is 11.2. The van der Waals surface area contributed by atoms with Crippen LogP contribution in [0.5, 0.6) is 0 Å². The quantitative estimate of drug-likeness (QED) is 0.912. The van der Waals surface area contributed by atoms with Crippen molar-refractivity contribution in [2.75, 3.05) is 13.1 Å². The molecule has 1 aliphatic heterocycles. The first-order chi connectivity index (χ1) is 9.58. The Morgan fingerprint density at radius 1 is 1.35 bits per heavy atom. The van der Waals surface area contributed by atoms with Gasteiger partial charge < -0.3 is 10.6 Å². The van der Waals surface area contributed by atoms with E-state index in [0.717, 1.165) is 31.4 Å². The van der Waals surface area contributed by atoms with Gasteiger partial charge in [0.25, 0.3) is 0 Å². The number of amides is 1. The molecule has 3 nitrogen and oxygen atoms in total. The number of piperidine rings is 1. The standard InChI is InChI=1S/C15H18Cl2N2O/c16-13-5-1-4-10(14(13)17)11-7-12(11)15(20)19-6-2-3-9(18)8-19/h1,4-5,9,11-12H,2-3,6-8,18H2. The van der Waals surface area contributed by atoms with Gasteiger partial charge in [0.1, 0.15) is 0 Å². The summed E-state index contributed by atoms with van der Waals surface area (Å²) in [6.07, 6.45) is 2.88. The van der Waals surface area contributed by atoms with E-state index < -0.39 is 0 Å². The molecule has 0 spiro atoms. The minimum Gasteiger partial charge on any atom is -0.341 e. The summed E-state index contributed by atoms with van der Waals surface area (Å²) in [6, 6.07) is 5.75. The predicted octanol–water partition coefficient (Wildman–Crippen LogP) is 3.05. The molecule has 0 aromatic heterocycles. The number of hydrogen-bond donors (Lipinski definition) is 1. The number of benzene rings is 1. The Balaban J connectivity index is 1.69. The Bertz CT molecular complexity index is 535. The maximum Gasteiger partial charge on any atom is 0.226 e. The van der Waals surface area contributed by atoms with Crippen molar-refractivity contribution in [1.29, 1.82) is 0 Å². The SMILES string of the molecule is NC1CCCN(C(=O)C2CC2c2cccc(Cl)c2Cl)C1. The van der Waals surface area contributed by atoms with Gasteiger partial charge in [0.2, 0.25) is 5.91 Å². The lowest BCUT2D eigenvalue weighted by molar-refractivity contribution is -0.133. The fraction of sp³-hybridized carbons (Fsp3) is 0.533. The molecule has 3 unspecified atom stereocenters. The van der Waals surface area contributed by atoms with Crippen molar-refractivity contribution in [3.8, 4) is 0 Å². The molecule has 1 aliphatic carbocycles. The van der Waals surface area contributed by atoms with E-state index in [-0.39, 0.29) is 23.8 Å². The van der Waals surface area contributed by atoms with E-state index in [4.69, 9.17) is 28.9 Å². The van der Waals surface area contributed by atoms with Crippen LogP contribution in [0.15, 0.2) is 18.2 Å². The van der Waals surface area contributed by atoms with Gasteiger partial charge >= 0.3 is 0 Å². The minimum absolute atomic E-state index is 0.0521. The molecule has 108 valence electrons. The molecule has 1 saturated heterocycles. The van der Waals surface area contributed by atoms with Crippen molar-refractivity contribution in [2.24, 2.45) is 11.7 Å². The molecule has 20 heavy (non-hydrogen) atoms. The van der Waals surface area contributed by atoms with E-state index in [0.29, 0.717) is 16.6 Å². The van der Waals surface area contributed by atoms with Gasteiger partial charge in [0.15, 0.2) is 0 Å². The lowest BCUT2D eigenvalue weighted by Crippen LogP contribution is -2.46. The zero-order valence-corrected chi connectivity index (χ0v) is 12.7. The van der Waals surface area contributed by atoms with Gasteiger partial charge in [-0.25, -0.2) is 0 Å². The predicted molar refractivity (Wildman–Crippen MR) is 81.1 cm³/mol. The van der Waals surface area contributed by atoms with Crippen LogP contribution in [-0.2, 0) is 4.79 Å².